The number of rotatable bonds is 5. The highest BCUT2D eigenvalue weighted by Gasteiger charge is 2.15. The lowest BCUT2D eigenvalue weighted by Crippen LogP contribution is -2.27. The number of nitrogens with zero attached hydrogens (tertiary/aromatic N) is 2. The number of hydrogen-bond donors (Lipinski definition) is 1. The average molecular weight is 468 g/mol. The van der Waals surface area contributed by atoms with Crippen LogP contribution < -0.4 is 10.9 Å². The van der Waals surface area contributed by atoms with E-state index >= 15 is 0 Å². The molecule has 4 rings (SSSR count). The van der Waals surface area contributed by atoms with E-state index in [0.29, 0.717) is 15.9 Å². The third-order valence-corrected chi connectivity index (χ3v) is 6.09. The van der Waals surface area contributed by atoms with Gasteiger partial charge in [-0.25, -0.2) is 4.98 Å². The van der Waals surface area contributed by atoms with E-state index in [4.69, 9.17) is 0 Å². The summed E-state index contributed by atoms with van der Waals surface area (Å²) in [6.45, 7) is 1.99. The van der Waals surface area contributed by atoms with E-state index < -0.39 is 0 Å². The summed E-state index contributed by atoms with van der Waals surface area (Å²) in [5, 5.41) is 5.31. The molecule has 0 fully saturated rings. The van der Waals surface area contributed by atoms with Crippen molar-refractivity contribution < 1.29 is 4.79 Å². The second-order valence-electron chi connectivity index (χ2n) is 6.61. The molecule has 1 N–H and O–H groups in total. The van der Waals surface area contributed by atoms with Gasteiger partial charge in [0.05, 0.1) is 11.7 Å². The Morgan fingerprint density at radius 2 is 1.86 bits per heavy atom. The van der Waals surface area contributed by atoms with Gasteiger partial charge < -0.3 is 5.32 Å². The standard InChI is InChI=1S/C22H18BrN3O2S/c1-2-14-3-9-17(10-4-14)25-19(27)11-26-13-24-21-20(22(26)28)18(12-29-21)15-5-7-16(23)8-6-15/h3-10,12-13H,2,11H2,1H3,(H,25,27). The van der Waals surface area contributed by atoms with Gasteiger partial charge >= 0.3 is 0 Å². The van der Waals surface area contributed by atoms with Crippen molar-refractivity contribution in [2.75, 3.05) is 5.32 Å². The largest absolute Gasteiger partial charge is 0.325 e. The third kappa shape index (κ3) is 4.16. The minimum atomic E-state index is -0.266. The molecule has 0 aliphatic heterocycles. The summed E-state index contributed by atoms with van der Waals surface area (Å²) in [6.07, 6.45) is 2.38. The molecule has 0 aliphatic rings. The monoisotopic (exact) mass is 467 g/mol. The van der Waals surface area contributed by atoms with E-state index in [0.717, 1.165) is 22.0 Å². The fraction of sp³-hybridized carbons (Fsp3) is 0.136. The van der Waals surface area contributed by atoms with Crippen molar-refractivity contribution in [3.05, 3.63) is 80.6 Å². The number of fused-ring (bicyclic) bond motifs is 1. The van der Waals surface area contributed by atoms with Crippen molar-refractivity contribution in [3.8, 4) is 11.1 Å². The van der Waals surface area contributed by atoms with E-state index in [1.54, 1.807) is 0 Å². The maximum absolute atomic E-state index is 13.1. The SMILES string of the molecule is CCc1ccc(NC(=O)Cn2cnc3scc(-c4ccc(Br)cc4)c3c2=O)cc1. The Hall–Kier alpha value is -2.77. The molecule has 0 aliphatic carbocycles. The Labute approximate surface area is 180 Å². The van der Waals surface area contributed by atoms with Gasteiger partial charge in [0.2, 0.25) is 5.91 Å². The number of nitrogens with one attached hydrogen (secondary N) is 1. The average Bonchev–Trinajstić information content (AvgIpc) is 3.16. The number of halogens is 1. The van der Waals surface area contributed by atoms with Crippen LogP contribution in [0.25, 0.3) is 21.3 Å². The van der Waals surface area contributed by atoms with Gasteiger partial charge in [-0.3, -0.25) is 14.2 Å². The zero-order valence-electron chi connectivity index (χ0n) is 15.7. The van der Waals surface area contributed by atoms with Crippen molar-refractivity contribution in [2.45, 2.75) is 19.9 Å². The molecule has 4 aromatic rings. The van der Waals surface area contributed by atoms with Gasteiger partial charge in [0.1, 0.15) is 11.4 Å². The van der Waals surface area contributed by atoms with Crippen LogP contribution in [-0.2, 0) is 17.8 Å². The van der Waals surface area contributed by atoms with E-state index in [-0.39, 0.29) is 18.0 Å². The number of carbonyl (C=O) groups excluding carboxylic acids is 1. The zero-order chi connectivity index (χ0) is 20.4. The molecule has 7 heteroatoms. The Balaban J connectivity index is 1.61. The minimum absolute atomic E-state index is 0.0904. The fourth-order valence-electron chi connectivity index (χ4n) is 3.10. The molecular weight excluding hydrogens is 450 g/mol. The van der Waals surface area contributed by atoms with Crippen LogP contribution in [0.3, 0.4) is 0 Å². The van der Waals surface area contributed by atoms with E-state index in [1.807, 2.05) is 53.9 Å². The minimum Gasteiger partial charge on any atom is -0.325 e. The normalized spacial score (nSPS) is 11.0. The fourth-order valence-corrected chi connectivity index (χ4v) is 4.27. The molecular formula is C22H18BrN3O2S. The summed E-state index contributed by atoms with van der Waals surface area (Å²) in [7, 11) is 0. The number of thiophene rings is 1. The molecule has 0 atom stereocenters. The molecule has 0 saturated heterocycles. The number of anilines is 1. The van der Waals surface area contributed by atoms with Gasteiger partial charge in [-0.05, 0) is 41.8 Å². The number of aromatic nitrogens is 2. The summed E-state index contributed by atoms with van der Waals surface area (Å²) in [6, 6.07) is 15.5. The lowest BCUT2D eigenvalue weighted by molar-refractivity contribution is -0.116. The summed E-state index contributed by atoms with van der Waals surface area (Å²) in [4.78, 5) is 30.6. The van der Waals surface area contributed by atoms with Gasteiger partial charge in [-0.15, -0.1) is 11.3 Å². The van der Waals surface area contributed by atoms with Crippen molar-refractivity contribution >= 4 is 49.1 Å². The van der Waals surface area contributed by atoms with E-state index in [1.165, 1.54) is 27.8 Å². The number of benzene rings is 2. The van der Waals surface area contributed by atoms with Crippen LogP contribution in [0.2, 0.25) is 0 Å². The lowest BCUT2D eigenvalue weighted by atomic mass is 10.1. The molecule has 2 aromatic heterocycles. The van der Waals surface area contributed by atoms with E-state index in [2.05, 4.69) is 33.2 Å². The quantitative estimate of drug-likeness (QED) is 0.444. The van der Waals surface area contributed by atoms with Gasteiger partial charge in [0.15, 0.2) is 0 Å². The molecule has 29 heavy (non-hydrogen) atoms. The molecule has 0 unspecified atom stereocenters. The molecule has 1 amide bonds. The molecule has 0 spiro atoms. The number of hydrogen-bond acceptors (Lipinski definition) is 4. The smallest absolute Gasteiger partial charge is 0.263 e. The lowest BCUT2D eigenvalue weighted by Gasteiger charge is -2.08. The summed E-state index contributed by atoms with van der Waals surface area (Å²) >= 11 is 4.85. The Bertz CT molecular complexity index is 1230. The predicted molar refractivity (Wildman–Crippen MR) is 121 cm³/mol. The van der Waals surface area contributed by atoms with Crippen LogP contribution >= 0.6 is 27.3 Å². The first-order chi connectivity index (χ1) is 14.0. The van der Waals surface area contributed by atoms with Crippen LogP contribution in [0.5, 0.6) is 0 Å². The topological polar surface area (TPSA) is 64.0 Å². The number of carbonyl (C=O) groups is 1. The molecule has 2 aromatic carbocycles. The molecule has 0 saturated carbocycles. The van der Waals surface area contributed by atoms with Crippen LogP contribution in [-0.4, -0.2) is 15.5 Å². The summed E-state index contributed by atoms with van der Waals surface area (Å²) in [5.74, 6) is -0.266. The Morgan fingerprint density at radius 1 is 1.14 bits per heavy atom. The predicted octanol–water partition coefficient (Wildman–Crippen LogP) is 5.09. The first-order valence-corrected chi connectivity index (χ1v) is 10.8. The third-order valence-electron chi connectivity index (χ3n) is 4.68. The highest BCUT2D eigenvalue weighted by molar-refractivity contribution is 9.10. The maximum Gasteiger partial charge on any atom is 0.263 e. The highest BCUT2D eigenvalue weighted by atomic mass is 79.9. The van der Waals surface area contributed by atoms with Crippen LogP contribution in [0, 0.1) is 0 Å². The first kappa shape index (κ1) is 19.5. The van der Waals surface area contributed by atoms with Gasteiger partial charge in [0, 0.05) is 21.1 Å². The molecule has 5 nitrogen and oxygen atoms in total. The van der Waals surface area contributed by atoms with Gasteiger partial charge in [0.25, 0.3) is 5.56 Å². The summed E-state index contributed by atoms with van der Waals surface area (Å²) in [5.41, 5.74) is 3.47. The van der Waals surface area contributed by atoms with Crippen LogP contribution in [0.15, 0.2) is 69.5 Å². The van der Waals surface area contributed by atoms with Crippen molar-refractivity contribution in [2.24, 2.45) is 0 Å². The van der Waals surface area contributed by atoms with Gasteiger partial charge in [-0.2, -0.15) is 0 Å². The summed E-state index contributed by atoms with van der Waals surface area (Å²) < 4.78 is 2.33. The molecule has 2 heterocycles. The highest BCUT2D eigenvalue weighted by Crippen LogP contribution is 2.31. The van der Waals surface area contributed by atoms with Crippen LogP contribution in [0.4, 0.5) is 5.69 Å². The molecule has 0 radical (unpaired) electrons. The first-order valence-electron chi connectivity index (χ1n) is 9.16. The van der Waals surface area contributed by atoms with Crippen molar-refractivity contribution in [3.63, 3.8) is 0 Å². The molecule has 146 valence electrons. The second-order valence-corrected chi connectivity index (χ2v) is 8.39. The second kappa shape index (κ2) is 8.31. The zero-order valence-corrected chi connectivity index (χ0v) is 18.1. The van der Waals surface area contributed by atoms with Crippen molar-refractivity contribution in [1.29, 1.82) is 0 Å². The molecule has 0 bridgehead atoms. The van der Waals surface area contributed by atoms with Crippen LogP contribution in [0.1, 0.15) is 12.5 Å². The van der Waals surface area contributed by atoms with E-state index in [9.17, 15) is 9.59 Å². The Morgan fingerprint density at radius 3 is 2.55 bits per heavy atom. The van der Waals surface area contributed by atoms with Gasteiger partial charge in [-0.1, -0.05) is 47.1 Å². The Kier molecular flexibility index (Phi) is 5.60. The maximum atomic E-state index is 13.1. The number of aryl methyl sites for hydroxylation is 1. The number of amides is 1. The van der Waals surface area contributed by atoms with Crippen molar-refractivity contribution in [1.82, 2.24) is 9.55 Å².